The van der Waals surface area contributed by atoms with E-state index in [2.05, 4.69) is 25.5 Å². The first-order valence-corrected chi connectivity index (χ1v) is 10.1. The monoisotopic (exact) mass is 411 g/mol. The molecule has 9 nitrogen and oxygen atoms in total. The molecule has 1 aromatic carbocycles. The average Bonchev–Trinajstić information content (AvgIpc) is 3.16. The van der Waals surface area contributed by atoms with Gasteiger partial charge in [-0.1, -0.05) is 0 Å². The van der Waals surface area contributed by atoms with E-state index in [0.717, 1.165) is 56.0 Å². The van der Waals surface area contributed by atoms with Gasteiger partial charge < -0.3 is 25.0 Å². The summed E-state index contributed by atoms with van der Waals surface area (Å²) in [5.74, 6) is 0.535. The highest BCUT2D eigenvalue weighted by molar-refractivity contribution is 5.93. The summed E-state index contributed by atoms with van der Waals surface area (Å²) in [5, 5.41) is 6.08. The zero-order valence-electron chi connectivity index (χ0n) is 16.9. The molecule has 9 heteroatoms. The molecule has 0 aliphatic carbocycles. The van der Waals surface area contributed by atoms with Gasteiger partial charge in [-0.2, -0.15) is 0 Å². The van der Waals surface area contributed by atoms with Crippen molar-refractivity contribution in [1.82, 2.24) is 15.3 Å². The molecular formula is C21H25N5O4. The van der Waals surface area contributed by atoms with Crippen LogP contribution in [-0.4, -0.2) is 54.2 Å². The summed E-state index contributed by atoms with van der Waals surface area (Å²) < 4.78 is 10.8. The van der Waals surface area contributed by atoms with Crippen LogP contribution in [0.25, 0.3) is 0 Å². The molecule has 2 aromatic rings. The second-order valence-electron chi connectivity index (χ2n) is 7.36. The lowest BCUT2D eigenvalue weighted by Gasteiger charge is -2.24. The number of hydrogen-bond donors (Lipinski definition) is 2. The number of benzene rings is 1. The summed E-state index contributed by atoms with van der Waals surface area (Å²) in [7, 11) is 0. The van der Waals surface area contributed by atoms with E-state index in [4.69, 9.17) is 9.47 Å². The molecule has 0 unspecified atom stereocenters. The summed E-state index contributed by atoms with van der Waals surface area (Å²) in [6.45, 7) is 3.68. The SMILES string of the molecule is CC(=O)OCC(=O)Nc1ccc2c(c1)CCN2c1cc(OC2CCNCC2)ncn1. The van der Waals surface area contributed by atoms with E-state index in [1.54, 1.807) is 0 Å². The standard InChI is InChI=1S/C21H25N5O4/c1-14(27)29-12-20(28)25-16-2-3-18-15(10-16)6-9-26(18)19-11-21(24-13-23-19)30-17-4-7-22-8-5-17/h2-3,10-11,13,17,22H,4-9,12H2,1H3,(H,25,28). The first-order chi connectivity index (χ1) is 14.6. The maximum Gasteiger partial charge on any atom is 0.303 e. The first-order valence-electron chi connectivity index (χ1n) is 10.1. The Hall–Kier alpha value is -3.20. The van der Waals surface area contributed by atoms with Gasteiger partial charge in [0.2, 0.25) is 5.88 Å². The van der Waals surface area contributed by atoms with Crippen molar-refractivity contribution in [2.45, 2.75) is 32.3 Å². The second kappa shape index (κ2) is 9.08. The molecule has 2 N–H and O–H groups in total. The number of anilines is 3. The highest BCUT2D eigenvalue weighted by atomic mass is 16.5. The van der Waals surface area contributed by atoms with Gasteiger partial charge in [-0.15, -0.1) is 0 Å². The van der Waals surface area contributed by atoms with Crippen LogP contribution in [-0.2, 0) is 20.7 Å². The minimum Gasteiger partial charge on any atom is -0.474 e. The number of rotatable bonds is 6. The largest absolute Gasteiger partial charge is 0.474 e. The average molecular weight is 411 g/mol. The number of nitrogens with zero attached hydrogens (tertiary/aromatic N) is 3. The Morgan fingerprint density at radius 3 is 2.87 bits per heavy atom. The zero-order chi connectivity index (χ0) is 20.9. The van der Waals surface area contributed by atoms with E-state index in [1.807, 2.05) is 24.3 Å². The zero-order valence-corrected chi connectivity index (χ0v) is 16.9. The number of nitrogens with one attached hydrogen (secondary N) is 2. The minimum atomic E-state index is -0.483. The number of hydrogen-bond acceptors (Lipinski definition) is 8. The third-order valence-corrected chi connectivity index (χ3v) is 5.14. The van der Waals surface area contributed by atoms with Gasteiger partial charge in [-0.25, -0.2) is 9.97 Å². The van der Waals surface area contributed by atoms with Gasteiger partial charge in [0.1, 0.15) is 18.2 Å². The number of ether oxygens (including phenoxy) is 2. The molecule has 0 bridgehead atoms. The molecule has 2 aliphatic rings. The lowest BCUT2D eigenvalue weighted by molar-refractivity contribution is -0.144. The molecule has 1 saturated heterocycles. The summed E-state index contributed by atoms with van der Waals surface area (Å²) >= 11 is 0. The molecule has 0 spiro atoms. The van der Waals surface area contributed by atoms with E-state index < -0.39 is 5.97 Å². The third-order valence-electron chi connectivity index (χ3n) is 5.14. The molecule has 158 valence electrons. The highest BCUT2D eigenvalue weighted by Crippen LogP contribution is 2.35. The van der Waals surface area contributed by atoms with Crippen molar-refractivity contribution in [2.75, 3.05) is 36.5 Å². The van der Waals surface area contributed by atoms with Gasteiger partial charge in [0.15, 0.2) is 6.61 Å². The lowest BCUT2D eigenvalue weighted by Crippen LogP contribution is -2.34. The van der Waals surface area contributed by atoms with Gasteiger partial charge in [-0.3, -0.25) is 9.59 Å². The fraction of sp³-hybridized carbons (Fsp3) is 0.429. The van der Waals surface area contributed by atoms with E-state index in [0.29, 0.717) is 11.6 Å². The van der Waals surface area contributed by atoms with Crippen LogP contribution in [0.2, 0.25) is 0 Å². The fourth-order valence-corrected chi connectivity index (χ4v) is 3.71. The molecule has 1 amide bonds. The van der Waals surface area contributed by atoms with E-state index >= 15 is 0 Å². The Morgan fingerprint density at radius 1 is 1.23 bits per heavy atom. The smallest absolute Gasteiger partial charge is 0.303 e. The topological polar surface area (TPSA) is 106 Å². The molecular weight excluding hydrogens is 386 g/mol. The molecule has 1 fully saturated rings. The van der Waals surface area contributed by atoms with Gasteiger partial charge >= 0.3 is 5.97 Å². The number of carbonyl (C=O) groups excluding carboxylic acids is 2. The van der Waals surface area contributed by atoms with Gasteiger partial charge in [0.25, 0.3) is 5.91 Å². The van der Waals surface area contributed by atoms with Gasteiger partial charge in [0.05, 0.1) is 0 Å². The summed E-state index contributed by atoms with van der Waals surface area (Å²) in [6, 6.07) is 7.61. The van der Waals surface area contributed by atoms with Crippen LogP contribution >= 0.6 is 0 Å². The predicted octanol–water partition coefficient (Wildman–Crippen LogP) is 1.80. The number of fused-ring (bicyclic) bond motifs is 1. The Balaban J connectivity index is 1.43. The lowest BCUT2D eigenvalue weighted by atomic mass is 10.1. The third kappa shape index (κ3) is 4.85. The molecule has 4 rings (SSSR count). The van der Waals surface area contributed by atoms with Crippen LogP contribution in [0.15, 0.2) is 30.6 Å². The number of aromatic nitrogens is 2. The van der Waals surface area contributed by atoms with Crippen LogP contribution in [0.3, 0.4) is 0 Å². The number of carbonyl (C=O) groups is 2. The van der Waals surface area contributed by atoms with Crippen molar-refractivity contribution in [3.63, 3.8) is 0 Å². The molecule has 0 radical (unpaired) electrons. The number of amides is 1. The second-order valence-corrected chi connectivity index (χ2v) is 7.36. The Kier molecular flexibility index (Phi) is 6.08. The van der Waals surface area contributed by atoms with Crippen molar-refractivity contribution in [3.05, 3.63) is 36.2 Å². The van der Waals surface area contributed by atoms with E-state index in [1.165, 1.54) is 13.3 Å². The van der Waals surface area contributed by atoms with Crippen LogP contribution in [0.4, 0.5) is 17.2 Å². The van der Waals surface area contributed by atoms with Gasteiger partial charge in [0, 0.05) is 30.9 Å². The molecule has 1 aromatic heterocycles. The Labute approximate surface area is 174 Å². The fourth-order valence-electron chi connectivity index (χ4n) is 3.71. The van der Waals surface area contributed by atoms with Crippen LogP contribution in [0, 0.1) is 0 Å². The number of piperidine rings is 1. The molecule has 2 aliphatic heterocycles. The first kappa shape index (κ1) is 20.1. The van der Waals surface area contributed by atoms with Crippen LogP contribution < -0.4 is 20.3 Å². The Morgan fingerprint density at radius 2 is 2.07 bits per heavy atom. The van der Waals surface area contributed by atoms with Crippen molar-refractivity contribution >= 4 is 29.1 Å². The molecule has 3 heterocycles. The van der Waals surface area contributed by atoms with E-state index in [9.17, 15) is 9.59 Å². The van der Waals surface area contributed by atoms with E-state index in [-0.39, 0.29) is 18.6 Å². The molecule has 0 saturated carbocycles. The minimum absolute atomic E-state index is 0.179. The summed E-state index contributed by atoms with van der Waals surface area (Å²) in [5.41, 5.74) is 2.82. The quantitative estimate of drug-likeness (QED) is 0.694. The molecule has 30 heavy (non-hydrogen) atoms. The van der Waals surface area contributed by atoms with Crippen molar-refractivity contribution in [3.8, 4) is 5.88 Å². The van der Waals surface area contributed by atoms with Crippen LogP contribution in [0.5, 0.6) is 5.88 Å². The molecule has 0 atom stereocenters. The predicted molar refractivity (Wildman–Crippen MR) is 111 cm³/mol. The van der Waals surface area contributed by atoms with Crippen molar-refractivity contribution in [2.24, 2.45) is 0 Å². The van der Waals surface area contributed by atoms with Crippen molar-refractivity contribution < 1.29 is 19.1 Å². The normalized spacial score (nSPS) is 16.1. The Bertz CT molecular complexity index is 929. The maximum atomic E-state index is 11.9. The number of esters is 1. The van der Waals surface area contributed by atoms with Gasteiger partial charge in [-0.05, 0) is 56.1 Å². The highest BCUT2D eigenvalue weighted by Gasteiger charge is 2.23. The summed E-state index contributed by atoms with van der Waals surface area (Å²) in [4.78, 5) is 33.5. The maximum absolute atomic E-state index is 11.9. The van der Waals surface area contributed by atoms with Crippen molar-refractivity contribution in [1.29, 1.82) is 0 Å². The van der Waals surface area contributed by atoms with Crippen LogP contribution in [0.1, 0.15) is 25.3 Å². The summed E-state index contributed by atoms with van der Waals surface area (Å²) in [6.07, 6.45) is 4.48.